The third kappa shape index (κ3) is 6.22. The van der Waals surface area contributed by atoms with Crippen LogP contribution in [0.15, 0.2) is 24.3 Å². The Bertz CT molecular complexity index is 349. The minimum atomic E-state index is 0.251. The lowest BCUT2D eigenvalue weighted by Gasteiger charge is -2.20. The molecule has 0 aliphatic rings. The van der Waals surface area contributed by atoms with Gasteiger partial charge >= 0.3 is 0 Å². The maximum absolute atomic E-state index is 3.36. The molecule has 0 saturated carbocycles. The van der Waals surface area contributed by atoms with Gasteiger partial charge in [-0.15, -0.1) is 0 Å². The molecule has 0 fully saturated rings. The zero-order valence-electron chi connectivity index (χ0n) is 13.3. The molecule has 2 nitrogen and oxygen atoms in total. The van der Waals surface area contributed by atoms with Crippen LogP contribution in [0.1, 0.15) is 38.8 Å². The Kier molecular flexibility index (Phi) is 6.53. The second-order valence-electron chi connectivity index (χ2n) is 6.35. The average molecular weight is 262 g/mol. The molecule has 1 N–H and O–H groups in total. The average Bonchev–Trinajstić information content (AvgIpc) is 2.36. The van der Waals surface area contributed by atoms with Crippen molar-refractivity contribution in [1.82, 2.24) is 10.2 Å². The van der Waals surface area contributed by atoms with Crippen molar-refractivity contribution in [3.8, 4) is 0 Å². The summed E-state index contributed by atoms with van der Waals surface area (Å²) >= 11 is 0. The van der Waals surface area contributed by atoms with Gasteiger partial charge in [0.15, 0.2) is 0 Å². The van der Waals surface area contributed by atoms with Crippen LogP contribution in [0.4, 0.5) is 0 Å². The minimum absolute atomic E-state index is 0.251. The highest BCUT2D eigenvalue weighted by atomic mass is 15.1. The summed E-state index contributed by atoms with van der Waals surface area (Å²) in [6, 6.07) is 9.10. The fraction of sp³-hybridized carbons (Fsp3) is 0.647. The maximum atomic E-state index is 3.36. The van der Waals surface area contributed by atoms with E-state index in [0.717, 1.165) is 32.6 Å². The van der Waals surface area contributed by atoms with E-state index in [4.69, 9.17) is 0 Å². The molecule has 108 valence electrons. The van der Waals surface area contributed by atoms with Crippen LogP contribution >= 0.6 is 0 Å². The molecule has 1 rings (SSSR count). The second-order valence-corrected chi connectivity index (χ2v) is 6.35. The smallest absolute Gasteiger partial charge is 0.0104 e. The topological polar surface area (TPSA) is 15.3 Å². The lowest BCUT2D eigenvalue weighted by molar-refractivity contribution is 0.337. The summed E-state index contributed by atoms with van der Waals surface area (Å²) in [4.78, 5) is 2.39. The number of hydrogen-bond donors (Lipinski definition) is 1. The van der Waals surface area contributed by atoms with Gasteiger partial charge in [0.05, 0.1) is 0 Å². The predicted octanol–water partition coefficient (Wildman–Crippen LogP) is 3.07. The molecule has 0 unspecified atom stereocenters. The van der Waals surface area contributed by atoms with E-state index >= 15 is 0 Å². The van der Waals surface area contributed by atoms with Crippen LogP contribution in [0.5, 0.6) is 0 Å². The standard InChI is InChI=1S/C17H30N2/c1-6-18-12-14-19(5)13-11-15-7-9-16(10-8-15)17(2,3)4/h7-10,18H,6,11-14H2,1-5H3. The first-order valence-electron chi connectivity index (χ1n) is 7.42. The number of nitrogens with zero attached hydrogens (tertiary/aromatic N) is 1. The molecule has 0 heterocycles. The molecule has 1 aromatic rings. The lowest BCUT2D eigenvalue weighted by Crippen LogP contribution is -2.30. The predicted molar refractivity (Wildman–Crippen MR) is 84.9 cm³/mol. The Labute approximate surface area is 119 Å². The first-order valence-corrected chi connectivity index (χ1v) is 7.42. The van der Waals surface area contributed by atoms with Crippen molar-refractivity contribution in [3.05, 3.63) is 35.4 Å². The Morgan fingerprint density at radius 1 is 1.05 bits per heavy atom. The van der Waals surface area contributed by atoms with E-state index in [1.165, 1.54) is 11.1 Å². The van der Waals surface area contributed by atoms with Crippen LogP contribution in [0, 0.1) is 0 Å². The third-order valence-corrected chi connectivity index (χ3v) is 3.52. The molecule has 0 aliphatic carbocycles. The zero-order chi connectivity index (χ0) is 14.3. The molecule has 0 bridgehead atoms. The zero-order valence-corrected chi connectivity index (χ0v) is 13.3. The minimum Gasteiger partial charge on any atom is -0.316 e. The lowest BCUT2D eigenvalue weighted by atomic mass is 9.86. The first kappa shape index (κ1) is 16.2. The summed E-state index contributed by atoms with van der Waals surface area (Å²) in [5, 5.41) is 3.36. The van der Waals surface area contributed by atoms with Gasteiger partial charge in [-0.25, -0.2) is 0 Å². The van der Waals surface area contributed by atoms with E-state index in [1.54, 1.807) is 0 Å². The third-order valence-electron chi connectivity index (χ3n) is 3.52. The van der Waals surface area contributed by atoms with Crippen molar-refractivity contribution in [1.29, 1.82) is 0 Å². The van der Waals surface area contributed by atoms with Crippen LogP contribution in [0.3, 0.4) is 0 Å². The molecule has 0 aromatic heterocycles. The van der Waals surface area contributed by atoms with E-state index in [0.29, 0.717) is 0 Å². The normalized spacial score (nSPS) is 12.1. The SMILES string of the molecule is CCNCCN(C)CCc1ccc(C(C)(C)C)cc1. The molecule has 19 heavy (non-hydrogen) atoms. The van der Waals surface area contributed by atoms with Crippen LogP contribution < -0.4 is 5.32 Å². The van der Waals surface area contributed by atoms with Crippen molar-refractivity contribution >= 4 is 0 Å². The Hall–Kier alpha value is -0.860. The van der Waals surface area contributed by atoms with Crippen LogP contribution in [0.25, 0.3) is 0 Å². The van der Waals surface area contributed by atoms with Gasteiger partial charge in [0.2, 0.25) is 0 Å². The summed E-state index contributed by atoms with van der Waals surface area (Å²) in [6.45, 7) is 13.3. The van der Waals surface area contributed by atoms with Gasteiger partial charge in [0.1, 0.15) is 0 Å². The van der Waals surface area contributed by atoms with Crippen molar-refractivity contribution in [2.75, 3.05) is 33.2 Å². The van der Waals surface area contributed by atoms with Crippen LogP contribution in [0.2, 0.25) is 0 Å². The molecule has 0 aliphatic heterocycles. The van der Waals surface area contributed by atoms with E-state index in [2.05, 4.69) is 69.2 Å². The molecule has 0 amide bonds. The summed E-state index contributed by atoms with van der Waals surface area (Å²) in [6.07, 6.45) is 1.13. The van der Waals surface area contributed by atoms with E-state index < -0.39 is 0 Å². The van der Waals surface area contributed by atoms with Crippen molar-refractivity contribution in [3.63, 3.8) is 0 Å². The molecule has 0 saturated heterocycles. The highest BCUT2D eigenvalue weighted by Gasteiger charge is 2.12. The van der Waals surface area contributed by atoms with Crippen molar-refractivity contribution in [2.24, 2.45) is 0 Å². The van der Waals surface area contributed by atoms with Crippen LogP contribution in [-0.2, 0) is 11.8 Å². The van der Waals surface area contributed by atoms with Gasteiger partial charge in [-0.05, 0) is 36.6 Å². The Morgan fingerprint density at radius 2 is 1.68 bits per heavy atom. The summed E-state index contributed by atoms with van der Waals surface area (Å²) in [5.74, 6) is 0. The van der Waals surface area contributed by atoms with E-state index in [9.17, 15) is 0 Å². The molecule has 1 aromatic carbocycles. The first-order chi connectivity index (χ1) is 8.93. The number of likely N-dealkylation sites (N-methyl/N-ethyl adjacent to an activating group) is 2. The van der Waals surface area contributed by atoms with Crippen LogP contribution in [-0.4, -0.2) is 38.1 Å². The highest BCUT2D eigenvalue weighted by Crippen LogP contribution is 2.22. The highest BCUT2D eigenvalue weighted by molar-refractivity contribution is 5.27. The quantitative estimate of drug-likeness (QED) is 0.760. The van der Waals surface area contributed by atoms with E-state index in [-0.39, 0.29) is 5.41 Å². The monoisotopic (exact) mass is 262 g/mol. The largest absolute Gasteiger partial charge is 0.316 e. The van der Waals surface area contributed by atoms with Crippen molar-refractivity contribution in [2.45, 2.75) is 39.5 Å². The number of hydrogen-bond acceptors (Lipinski definition) is 2. The Balaban J connectivity index is 2.37. The molecular formula is C17H30N2. The van der Waals surface area contributed by atoms with Gasteiger partial charge in [-0.2, -0.15) is 0 Å². The summed E-state index contributed by atoms with van der Waals surface area (Å²) < 4.78 is 0. The molecule has 0 radical (unpaired) electrons. The van der Waals surface area contributed by atoms with Gasteiger partial charge in [-0.1, -0.05) is 52.0 Å². The van der Waals surface area contributed by atoms with E-state index in [1.807, 2.05) is 0 Å². The van der Waals surface area contributed by atoms with Gasteiger partial charge in [-0.3, -0.25) is 0 Å². The number of benzene rings is 1. The Morgan fingerprint density at radius 3 is 2.21 bits per heavy atom. The fourth-order valence-corrected chi connectivity index (χ4v) is 2.05. The maximum Gasteiger partial charge on any atom is 0.0104 e. The molecular weight excluding hydrogens is 232 g/mol. The van der Waals surface area contributed by atoms with Gasteiger partial charge < -0.3 is 10.2 Å². The van der Waals surface area contributed by atoms with Gasteiger partial charge in [0, 0.05) is 19.6 Å². The summed E-state index contributed by atoms with van der Waals surface area (Å²) in [7, 11) is 2.20. The number of nitrogens with one attached hydrogen (secondary N) is 1. The fourth-order valence-electron chi connectivity index (χ4n) is 2.05. The molecule has 0 atom stereocenters. The summed E-state index contributed by atoms with van der Waals surface area (Å²) in [5.41, 5.74) is 3.10. The second kappa shape index (κ2) is 7.66. The number of rotatable bonds is 7. The van der Waals surface area contributed by atoms with Gasteiger partial charge in [0.25, 0.3) is 0 Å². The molecule has 2 heteroatoms. The molecule has 0 spiro atoms. The van der Waals surface area contributed by atoms with Crippen molar-refractivity contribution < 1.29 is 0 Å².